The molecule has 1 aliphatic heterocycles. The first-order valence-electron chi connectivity index (χ1n) is 10.0. The highest BCUT2D eigenvalue weighted by Crippen LogP contribution is 2.21. The number of aryl methyl sites for hydroxylation is 1. The number of rotatable bonds is 7. The van der Waals surface area contributed by atoms with Crippen molar-refractivity contribution in [3.8, 4) is 0 Å². The van der Waals surface area contributed by atoms with Gasteiger partial charge in [-0.1, -0.05) is 27.2 Å². The molecule has 1 fully saturated rings. The summed E-state index contributed by atoms with van der Waals surface area (Å²) < 4.78 is 5.37. The van der Waals surface area contributed by atoms with E-state index >= 15 is 0 Å². The van der Waals surface area contributed by atoms with E-state index in [4.69, 9.17) is 4.42 Å². The summed E-state index contributed by atoms with van der Waals surface area (Å²) in [5, 5.41) is 2.69. The molecule has 0 aliphatic carbocycles. The molecule has 0 bridgehead atoms. The minimum absolute atomic E-state index is 0.0293. The maximum atomic E-state index is 12.4. The number of hydrogen-bond acceptors (Lipinski definition) is 4. The fraction of sp³-hybridized carbons (Fsp3) is 0.667. The highest BCUT2D eigenvalue weighted by molar-refractivity contribution is 5.95. The van der Waals surface area contributed by atoms with Crippen LogP contribution in [-0.2, 0) is 4.79 Å². The molecule has 6 heteroatoms. The van der Waals surface area contributed by atoms with Crippen molar-refractivity contribution in [3.63, 3.8) is 0 Å². The lowest BCUT2D eigenvalue weighted by Gasteiger charge is -2.30. The lowest BCUT2D eigenvalue weighted by Crippen LogP contribution is -2.40. The minimum Gasteiger partial charge on any atom is -0.427 e. The predicted octanol–water partition coefficient (Wildman–Crippen LogP) is 3.23. The van der Waals surface area contributed by atoms with Crippen LogP contribution in [0.1, 0.15) is 80.5 Å². The Kier molecular flexibility index (Phi) is 7.63. The average Bonchev–Trinajstić information content (AvgIpc) is 2.61. The Morgan fingerprint density at radius 3 is 2.59 bits per heavy atom. The van der Waals surface area contributed by atoms with Gasteiger partial charge in [-0.2, -0.15) is 0 Å². The van der Waals surface area contributed by atoms with Crippen molar-refractivity contribution in [2.24, 2.45) is 5.92 Å². The Bertz CT molecular complexity index is 717. The topological polar surface area (TPSA) is 79.6 Å². The molecule has 1 atom stereocenters. The van der Waals surface area contributed by atoms with Crippen molar-refractivity contribution >= 4 is 11.8 Å². The van der Waals surface area contributed by atoms with E-state index in [0.717, 1.165) is 38.8 Å². The van der Waals surface area contributed by atoms with Crippen LogP contribution < -0.4 is 10.9 Å². The van der Waals surface area contributed by atoms with E-state index in [0.29, 0.717) is 17.2 Å². The molecule has 1 N–H and O–H groups in total. The molecule has 6 nitrogen and oxygen atoms in total. The van der Waals surface area contributed by atoms with Crippen molar-refractivity contribution < 1.29 is 14.0 Å². The first kappa shape index (κ1) is 21.2. The highest BCUT2D eigenvalue weighted by Gasteiger charge is 2.21. The second-order valence-corrected chi connectivity index (χ2v) is 7.75. The van der Waals surface area contributed by atoms with Crippen LogP contribution in [-0.4, -0.2) is 36.3 Å². The molecular formula is C21H32N2O4. The molecule has 0 spiro atoms. The van der Waals surface area contributed by atoms with Gasteiger partial charge < -0.3 is 14.6 Å². The van der Waals surface area contributed by atoms with Crippen LogP contribution in [0.4, 0.5) is 0 Å². The number of nitrogens with one attached hydrogen (secondary N) is 1. The van der Waals surface area contributed by atoms with Gasteiger partial charge in [-0.25, -0.2) is 4.79 Å². The van der Waals surface area contributed by atoms with Crippen LogP contribution in [0.25, 0.3) is 0 Å². The second kappa shape index (κ2) is 9.72. The Labute approximate surface area is 161 Å². The first-order valence-corrected chi connectivity index (χ1v) is 10.0. The lowest BCUT2D eigenvalue weighted by molar-refractivity contribution is -0.132. The molecule has 2 rings (SSSR count). The Morgan fingerprint density at radius 2 is 2.00 bits per heavy atom. The first-order chi connectivity index (χ1) is 12.8. The summed E-state index contributed by atoms with van der Waals surface area (Å²) in [6.45, 7) is 9.82. The zero-order chi connectivity index (χ0) is 20.0. The third-order valence-corrected chi connectivity index (χ3v) is 5.36. The van der Waals surface area contributed by atoms with Crippen LogP contribution in [0.15, 0.2) is 15.3 Å². The standard InChI is InChI=1S/C21H32N2O4/c1-5-6-15(3)17-13-16(4)19(21(26)27-17)20(25)22-10-7-18(24)23-11-8-14(2)9-12-23/h13-15H,5-12H2,1-4H3,(H,22,25). The molecule has 0 radical (unpaired) electrons. The van der Waals surface area contributed by atoms with Crippen LogP contribution >= 0.6 is 0 Å². The van der Waals surface area contributed by atoms with Crippen LogP contribution in [0.3, 0.4) is 0 Å². The zero-order valence-electron chi connectivity index (χ0n) is 17.0. The summed E-state index contributed by atoms with van der Waals surface area (Å²) in [5.41, 5.74) is 0.0292. The van der Waals surface area contributed by atoms with Crippen molar-refractivity contribution in [2.75, 3.05) is 19.6 Å². The smallest absolute Gasteiger partial charge is 0.349 e. The third kappa shape index (κ3) is 5.68. The van der Waals surface area contributed by atoms with Crippen molar-refractivity contribution in [3.05, 3.63) is 33.4 Å². The third-order valence-electron chi connectivity index (χ3n) is 5.36. The quantitative estimate of drug-likeness (QED) is 0.792. The van der Waals surface area contributed by atoms with Gasteiger partial charge in [0.15, 0.2) is 0 Å². The maximum absolute atomic E-state index is 12.4. The summed E-state index contributed by atoms with van der Waals surface area (Å²) >= 11 is 0. The Morgan fingerprint density at radius 1 is 1.33 bits per heavy atom. The van der Waals surface area contributed by atoms with E-state index in [2.05, 4.69) is 19.2 Å². The Hall–Kier alpha value is -2.11. The zero-order valence-corrected chi connectivity index (χ0v) is 17.0. The predicted molar refractivity (Wildman–Crippen MR) is 105 cm³/mol. The molecule has 0 aromatic carbocycles. The van der Waals surface area contributed by atoms with Crippen LogP contribution in [0.5, 0.6) is 0 Å². The molecular weight excluding hydrogens is 344 g/mol. The summed E-state index contributed by atoms with van der Waals surface area (Å²) in [5.74, 6) is 0.999. The van der Waals surface area contributed by atoms with E-state index in [1.807, 2.05) is 11.8 Å². The molecule has 1 saturated heterocycles. The van der Waals surface area contributed by atoms with Gasteiger partial charge in [0.25, 0.3) is 5.91 Å². The number of carbonyl (C=O) groups is 2. The number of hydrogen-bond donors (Lipinski definition) is 1. The number of piperidine rings is 1. The van der Waals surface area contributed by atoms with Crippen molar-refractivity contribution in [2.45, 2.75) is 65.7 Å². The van der Waals surface area contributed by atoms with E-state index in [9.17, 15) is 14.4 Å². The summed E-state index contributed by atoms with van der Waals surface area (Å²) in [6.07, 6.45) is 4.22. The molecule has 27 heavy (non-hydrogen) atoms. The number of nitrogens with zero attached hydrogens (tertiary/aromatic N) is 1. The van der Waals surface area contributed by atoms with Gasteiger partial charge in [-0.05, 0) is 43.7 Å². The van der Waals surface area contributed by atoms with Gasteiger partial charge in [0.05, 0.1) is 0 Å². The minimum atomic E-state index is -0.609. The molecule has 2 amide bonds. The van der Waals surface area contributed by atoms with Gasteiger partial charge in [0, 0.05) is 32.0 Å². The molecule has 1 aromatic heterocycles. The van der Waals surface area contributed by atoms with Gasteiger partial charge in [0.2, 0.25) is 5.91 Å². The molecule has 0 saturated carbocycles. The summed E-state index contributed by atoms with van der Waals surface area (Å²) in [6, 6.07) is 1.77. The Balaban J connectivity index is 1.92. The van der Waals surface area contributed by atoms with Gasteiger partial charge in [0.1, 0.15) is 11.3 Å². The maximum Gasteiger partial charge on any atom is 0.349 e. The number of carbonyl (C=O) groups excluding carboxylic acids is 2. The number of likely N-dealkylation sites (tertiary alicyclic amines) is 1. The SMILES string of the molecule is CCCC(C)c1cc(C)c(C(=O)NCCC(=O)N2CCC(C)CC2)c(=O)o1. The number of amides is 2. The van der Waals surface area contributed by atoms with Gasteiger partial charge in [-0.3, -0.25) is 9.59 Å². The van der Waals surface area contributed by atoms with E-state index in [1.54, 1.807) is 13.0 Å². The van der Waals surface area contributed by atoms with Gasteiger partial charge >= 0.3 is 5.63 Å². The monoisotopic (exact) mass is 376 g/mol. The van der Waals surface area contributed by atoms with E-state index in [-0.39, 0.29) is 30.4 Å². The largest absolute Gasteiger partial charge is 0.427 e. The van der Waals surface area contributed by atoms with Gasteiger partial charge in [-0.15, -0.1) is 0 Å². The summed E-state index contributed by atoms with van der Waals surface area (Å²) in [7, 11) is 0. The van der Waals surface area contributed by atoms with Crippen molar-refractivity contribution in [1.82, 2.24) is 10.2 Å². The normalized spacial score (nSPS) is 16.2. The van der Waals surface area contributed by atoms with Crippen LogP contribution in [0, 0.1) is 12.8 Å². The highest BCUT2D eigenvalue weighted by atomic mass is 16.4. The van der Waals surface area contributed by atoms with Crippen LogP contribution in [0.2, 0.25) is 0 Å². The van der Waals surface area contributed by atoms with E-state index in [1.165, 1.54) is 0 Å². The second-order valence-electron chi connectivity index (χ2n) is 7.75. The fourth-order valence-corrected chi connectivity index (χ4v) is 3.51. The van der Waals surface area contributed by atoms with Crippen molar-refractivity contribution in [1.29, 1.82) is 0 Å². The molecule has 1 aromatic rings. The molecule has 150 valence electrons. The molecule has 2 heterocycles. The van der Waals surface area contributed by atoms with E-state index < -0.39 is 11.5 Å². The molecule has 1 aliphatic rings. The summed E-state index contributed by atoms with van der Waals surface area (Å²) in [4.78, 5) is 38.8. The molecule has 1 unspecified atom stereocenters. The average molecular weight is 376 g/mol. The lowest BCUT2D eigenvalue weighted by atomic mass is 9.99. The fourth-order valence-electron chi connectivity index (χ4n) is 3.51.